The average Bonchev–Trinajstić information content (AvgIpc) is 2.30. The number of anilines is 1. The van der Waals surface area contributed by atoms with Crippen molar-refractivity contribution < 1.29 is 14.6 Å². The van der Waals surface area contributed by atoms with Gasteiger partial charge in [-0.3, -0.25) is 0 Å². The third-order valence-electron chi connectivity index (χ3n) is 1.95. The first-order valence-electron chi connectivity index (χ1n) is 4.51. The van der Waals surface area contributed by atoms with E-state index in [1.165, 1.54) is 6.07 Å². The number of benzene rings is 1. The van der Waals surface area contributed by atoms with Crippen LogP contribution in [0.15, 0.2) is 12.1 Å². The number of nitrogens with one attached hydrogen (secondary N) is 1. The monoisotopic (exact) mass is 336 g/mol. The molecule has 0 saturated heterocycles. The molecule has 0 aliphatic rings. The van der Waals surface area contributed by atoms with Crippen molar-refractivity contribution in [1.82, 2.24) is 0 Å². The first-order chi connectivity index (χ1) is 7.60. The van der Waals surface area contributed by atoms with E-state index in [0.717, 1.165) is 0 Å². The van der Waals surface area contributed by atoms with Gasteiger partial charge in [-0.15, -0.1) is 0 Å². The second-order valence-corrected chi connectivity index (χ2v) is 4.28. The molecule has 1 aromatic rings. The van der Waals surface area contributed by atoms with Crippen LogP contribution in [0.3, 0.4) is 0 Å². The van der Waals surface area contributed by atoms with Crippen LogP contribution in [0.2, 0.25) is 0 Å². The summed E-state index contributed by atoms with van der Waals surface area (Å²) in [6, 6.07) is 4.86. The summed E-state index contributed by atoms with van der Waals surface area (Å²) in [7, 11) is 0. The van der Waals surface area contributed by atoms with Crippen molar-refractivity contribution in [1.29, 1.82) is 5.26 Å². The number of hydrogen-bond acceptors (Lipinski definition) is 4. The second-order valence-electron chi connectivity index (χ2n) is 3.11. The minimum Gasteiger partial charge on any atom is -0.394 e. The van der Waals surface area contributed by atoms with Crippen molar-refractivity contribution in [2.24, 2.45) is 0 Å². The number of rotatable bonds is 4. The quantitative estimate of drug-likeness (QED) is 0.719. The van der Waals surface area contributed by atoms with Gasteiger partial charge in [-0.2, -0.15) is 5.26 Å². The number of nitrogens with zero attached hydrogens (tertiary/aromatic N) is 1. The van der Waals surface area contributed by atoms with E-state index in [0.29, 0.717) is 9.26 Å². The number of aliphatic hydroxyl groups is 2. The van der Waals surface area contributed by atoms with Gasteiger partial charge in [0, 0.05) is 6.54 Å². The lowest BCUT2D eigenvalue weighted by atomic mass is 10.2. The molecule has 0 aromatic heterocycles. The van der Waals surface area contributed by atoms with Crippen molar-refractivity contribution >= 4 is 28.3 Å². The summed E-state index contributed by atoms with van der Waals surface area (Å²) in [5.41, 5.74) is 0.227. The number of halogens is 2. The van der Waals surface area contributed by atoms with Crippen LogP contribution in [0.5, 0.6) is 0 Å². The lowest BCUT2D eigenvalue weighted by Gasteiger charge is -2.12. The molecule has 4 nitrogen and oxygen atoms in total. The maximum atomic E-state index is 13.5. The Kier molecular flexibility index (Phi) is 4.92. The average molecular weight is 336 g/mol. The van der Waals surface area contributed by atoms with Crippen LogP contribution in [-0.2, 0) is 0 Å². The van der Waals surface area contributed by atoms with Gasteiger partial charge in [0.2, 0.25) is 0 Å². The number of hydrogen-bond donors (Lipinski definition) is 3. The van der Waals surface area contributed by atoms with E-state index < -0.39 is 11.9 Å². The Bertz CT molecular complexity index is 420. The zero-order valence-electron chi connectivity index (χ0n) is 8.24. The van der Waals surface area contributed by atoms with Gasteiger partial charge in [0.25, 0.3) is 0 Å². The van der Waals surface area contributed by atoms with Gasteiger partial charge in [0.05, 0.1) is 22.0 Å². The maximum Gasteiger partial charge on any atom is 0.156 e. The van der Waals surface area contributed by atoms with E-state index in [1.54, 1.807) is 34.7 Å². The van der Waals surface area contributed by atoms with Crippen molar-refractivity contribution in [2.75, 3.05) is 18.5 Å². The van der Waals surface area contributed by atoms with E-state index in [-0.39, 0.29) is 18.7 Å². The molecule has 3 N–H and O–H groups in total. The van der Waals surface area contributed by atoms with Crippen LogP contribution >= 0.6 is 22.6 Å². The standard InChI is InChI=1S/C10H10FIN2O2/c11-10-7(3-13)9(2-1-8(10)12)14-4-6(16)5-15/h1-2,6,14-16H,4-5H2. The minimum absolute atomic E-state index is 0.0607. The molecule has 86 valence electrons. The van der Waals surface area contributed by atoms with Gasteiger partial charge < -0.3 is 15.5 Å². The Labute approximate surface area is 106 Å². The molecule has 6 heteroatoms. The van der Waals surface area contributed by atoms with Crippen LogP contribution in [0.4, 0.5) is 10.1 Å². The number of nitriles is 1. The summed E-state index contributed by atoms with van der Waals surface area (Å²) in [5, 5.41) is 29.2. The van der Waals surface area contributed by atoms with Crippen LogP contribution in [-0.4, -0.2) is 29.5 Å². The molecule has 0 amide bonds. The molecule has 1 aromatic carbocycles. The van der Waals surface area contributed by atoms with Gasteiger partial charge in [0.15, 0.2) is 5.82 Å². The zero-order valence-corrected chi connectivity index (χ0v) is 10.4. The Morgan fingerprint density at radius 3 is 2.81 bits per heavy atom. The molecule has 1 atom stereocenters. The number of aliphatic hydroxyl groups excluding tert-OH is 2. The van der Waals surface area contributed by atoms with E-state index in [4.69, 9.17) is 15.5 Å². The summed E-state index contributed by atoms with van der Waals surface area (Å²) in [6.07, 6.45) is -0.936. The lowest BCUT2D eigenvalue weighted by molar-refractivity contribution is 0.105. The fourth-order valence-electron chi connectivity index (χ4n) is 1.10. The van der Waals surface area contributed by atoms with Crippen molar-refractivity contribution in [2.45, 2.75) is 6.10 Å². The van der Waals surface area contributed by atoms with E-state index in [1.807, 2.05) is 0 Å². The predicted molar refractivity (Wildman–Crippen MR) is 65.4 cm³/mol. The lowest BCUT2D eigenvalue weighted by Crippen LogP contribution is -2.23. The highest BCUT2D eigenvalue weighted by Gasteiger charge is 2.12. The third-order valence-corrected chi connectivity index (χ3v) is 2.78. The highest BCUT2D eigenvalue weighted by Crippen LogP contribution is 2.22. The molecular weight excluding hydrogens is 326 g/mol. The smallest absolute Gasteiger partial charge is 0.156 e. The molecule has 0 radical (unpaired) electrons. The zero-order chi connectivity index (χ0) is 12.1. The van der Waals surface area contributed by atoms with Crippen LogP contribution < -0.4 is 5.32 Å². The maximum absolute atomic E-state index is 13.5. The molecule has 0 spiro atoms. The summed E-state index contributed by atoms with van der Waals surface area (Å²) >= 11 is 1.80. The van der Waals surface area contributed by atoms with E-state index >= 15 is 0 Å². The van der Waals surface area contributed by atoms with Crippen molar-refractivity contribution in [3.63, 3.8) is 0 Å². The predicted octanol–water partition coefficient (Wildman–Crippen LogP) is 1.07. The van der Waals surface area contributed by atoms with Gasteiger partial charge in [0.1, 0.15) is 11.6 Å². The fraction of sp³-hybridized carbons (Fsp3) is 0.300. The third kappa shape index (κ3) is 3.04. The Hall–Kier alpha value is -0.910. The van der Waals surface area contributed by atoms with Gasteiger partial charge in [-0.05, 0) is 34.7 Å². The van der Waals surface area contributed by atoms with Gasteiger partial charge in [-0.25, -0.2) is 4.39 Å². The Morgan fingerprint density at radius 1 is 1.56 bits per heavy atom. The van der Waals surface area contributed by atoms with Crippen molar-refractivity contribution in [3.8, 4) is 6.07 Å². The minimum atomic E-state index is -0.936. The molecule has 0 fully saturated rings. The Morgan fingerprint density at radius 2 is 2.25 bits per heavy atom. The molecule has 16 heavy (non-hydrogen) atoms. The van der Waals surface area contributed by atoms with Crippen LogP contribution in [0, 0.1) is 20.7 Å². The normalized spacial score (nSPS) is 11.9. The summed E-state index contributed by atoms with van der Waals surface area (Å²) in [6.45, 7) is -0.326. The highest BCUT2D eigenvalue weighted by atomic mass is 127. The molecule has 1 unspecified atom stereocenters. The molecule has 0 aliphatic carbocycles. The SMILES string of the molecule is N#Cc1c(NCC(O)CO)ccc(I)c1F. The molecule has 1 rings (SSSR count). The van der Waals surface area contributed by atoms with Gasteiger partial charge in [-0.1, -0.05) is 0 Å². The first kappa shape index (κ1) is 13.2. The van der Waals surface area contributed by atoms with E-state index in [2.05, 4.69) is 5.32 Å². The molecule has 0 bridgehead atoms. The van der Waals surface area contributed by atoms with Crippen molar-refractivity contribution in [3.05, 3.63) is 27.1 Å². The summed E-state index contributed by atoms with van der Waals surface area (Å²) in [4.78, 5) is 0. The molecular formula is C10H10FIN2O2. The van der Waals surface area contributed by atoms with Gasteiger partial charge >= 0.3 is 0 Å². The molecule has 0 saturated carbocycles. The summed E-state index contributed by atoms with van der Waals surface area (Å²) in [5.74, 6) is -0.577. The molecule has 0 heterocycles. The largest absolute Gasteiger partial charge is 0.394 e. The highest BCUT2D eigenvalue weighted by molar-refractivity contribution is 14.1. The summed E-state index contributed by atoms with van der Waals surface area (Å²) < 4.78 is 13.9. The second kappa shape index (κ2) is 5.98. The van der Waals surface area contributed by atoms with Crippen LogP contribution in [0.1, 0.15) is 5.56 Å². The van der Waals surface area contributed by atoms with E-state index in [9.17, 15) is 4.39 Å². The topological polar surface area (TPSA) is 76.3 Å². The fourth-order valence-corrected chi connectivity index (χ4v) is 1.55. The molecule has 0 aliphatic heterocycles. The first-order valence-corrected chi connectivity index (χ1v) is 5.59. The Balaban J connectivity index is 2.89. The van der Waals surface area contributed by atoms with Crippen LogP contribution in [0.25, 0.3) is 0 Å².